The first-order valence-electron chi connectivity index (χ1n) is 9.80. The van der Waals surface area contributed by atoms with Crippen LogP contribution in [0.4, 0.5) is 0 Å². The van der Waals surface area contributed by atoms with Gasteiger partial charge in [0.1, 0.15) is 5.75 Å². The van der Waals surface area contributed by atoms with E-state index in [1.54, 1.807) is 37.6 Å². The van der Waals surface area contributed by atoms with Crippen molar-refractivity contribution in [2.45, 2.75) is 45.8 Å². The van der Waals surface area contributed by atoms with Crippen LogP contribution in [0, 0.1) is 0 Å². The predicted molar refractivity (Wildman–Crippen MR) is 112 cm³/mol. The lowest BCUT2D eigenvalue weighted by molar-refractivity contribution is 0.0917. The lowest BCUT2D eigenvalue weighted by Gasteiger charge is -2.15. The van der Waals surface area contributed by atoms with Crippen molar-refractivity contribution < 1.29 is 14.6 Å². The van der Waals surface area contributed by atoms with Crippen LogP contribution >= 0.6 is 0 Å². The minimum absolute atomic E-state index is 0.101. The maximum absolute atomic E-state index is 12.9. The minimum atomic E-state index is -0.815. The number of pyridine rings is 1. The van der Waals surface area contributed by atoms with Crippen LogP contribution in [0.5, 0.6) is 5.75 Å². The predicted octanol–water partition coefficient (Wildman–Crippen LogP) is 3.61. The van der Waals surface area contributed by atoms with E-state index in [9.17, 15) is 9.90 Å². The second-order valence-electron chi connectivity index (χ2n) is 7.67. The molecular formula is C22H28N4O3. The molecule has 2 heterocycles. The molecule has 154 valence electrons. The lowest BCUT2D eigenvalue weighted by Crippen LogP contribution is -2.28. The Morgan fingerprint density at radius 3 is 2.48 bits per heavy atom. The van der Waals surface area contributed by atoms with Crippen molar-refractivity contribution in [3.05, 3.63) is 53.3 Å². The topological polar surface area (TPSA) is 89.3 Å². The number of aliphatic hydroxyl groups excluding tert-OH is 1. The van der Waals surface area contributed by atoms with Crippen molar-refractivity contribution in [2.75, 3.05) is 13.7 Å². The van der Waals surface area contributed by atoms with Crippen LogP contribution in [0.1, 0.15) is 67.4 Å². The Kier molecular flexibility index (Phi) is 6.17. The molecule has 0 aliphatic heterocycles. The fourth-order valence-electron chi connectivity index (χ4n) is 3.13. The Balaban J connectivity index is 1.84. The summed E-state index contributed by atoms with van der Waals surface area (Å²) in [5.41, 5.74) is 2.77. The van der Waals surface area contributed by atoms with Crippen molar-refractivity contribution >= 4 is 16.9 Å². The normalized spacial score (nSPS) is 12.6. The third kappa shape index (κ3) is 4.40. The number of carbonyl (C=O) groups is 1. The first-order chi connectivity index (χ1) is 13.8. The first kappa shape index (κ1) is 20.8. The summed E-state index contributed by atoms with van der Waals surface area (Å²) in [5.74, 6) is 0.633. The number of aliphatic hydroxyl groups is 1. The van der Waals surface area contributed by atoms with E-state index in [1.165, 1.54) is 0 Å². The van der Waals surface area contributed by atoms with Crippen molar-refractivity contribution in [1.82, 2.24) is 20.1 Å². The maximum atomic E-state index is 12.9. The zero-order valence-corrected chi connectivity index (χ0v) is 17.5. The van der Waals surface area contributed by atoms with E-state index in [0.717, 1.165) is 5.69 Å². The molecule has 3 rings (SSSR count). The molecule has 1 unspecified atom stereocenters. The number of rotatable bonds is 7. The van der Waals surface area contributed by atoms with Crippen LogP contribution in [-0.2, 0) is 0 Å². The van der Waals surface area contributed by atoms with Gasteiger partial charge in [-0.3, -0.25) is 4.79 Å². The molecule has 0 saturated carbocycles. The molecule has 2 N–H and O–H groups in total. The summed E-state index contributed by atoms with van der Waals surface area (Å²) >= 11 is 0. The highest BCUT2D eigenvalue weighted by molar-refractivity contribution is 6.05. The van der Waals surface area contributed by atoms with E-state index in [2.05, 4.69) is 10.4 Å². The summed E-state index contributed by atoms with van der Waals surface area (Å²) in [5, 5.41) is 18.4. The summed E-state index contributed by atoms with van der Waals surface area (Å²) in [6.07, 6.45) is 0.867. The van der Waals surface area contributed by atoms with Gasteiger partial charge in [-0.1, -0.05) is 26.0 Å². The summed E-state index contributed by atoms with van der Waals surface area (Å²) in [7, 11) is 1.59. The Labute approximate surface area is 170 Å². The number of nitrogens with zero attached hydrogens (tertiary/aromatic N) is 3. The Morgan fingerprint density at radius 2 is 1.90 bits per heavy atom. The molecule has 7 heteroatoms. The van der Waals surface area contributed by atoms with Gasteiger partial charge in [-0.25, -0.2) is 9.67 Å². The van der Waals surface area contributed by atoms with Gasteiger partial charge in [-0.15, -0.1) is 0 Å². The number of benzene rings is 1. The second kappa shape index (κ2) is 8.61. The Morgan fingerprint density at radius 1 is 1.21 bits per heavy atom. The van der Waals surface area contributed by atoms with Gasteiger partial charge in [0, 0.05) is 18.3 Å². The second-order valence-corrected chi connectivity index (χ2v) is 7.67. The molecule has 3 aromatic rings. The molecule has 0 radical (unpaired) electrons. The van der Waals surface area contributed by atoms with Crippen molar-refractivity contribution in [1.29, 1.82) is 0 Å². The van der Waals surface area contributed by atoms with Gasteiger partial charge in [0.25, 0.3) is 5.91 Å². The molecule has 2 aromatic heterocycles. The lowest BCUT2D eigenvalue weighted by atomic mass is 10.0. The minimum Gasteiger partial charge on any atom is -0.497 e. The number of fused-ring (bicyclic) bond motifs is 1. The third-order valence-corrected chi connectivity index (χ3v) is 4.87. The number of carbonyl (C=O) groups excluding carboxylic acids is 1. The SMILES string of the molecule is COc1ccc(C(O)CNC(=O)c2cc(C(C)C)nc3c2cnn3C(C)C)cc1. The van der Waals surface area contributed by atoms with Gasteiger partial charge in [-0.2, -0.15) is 5.10 Å². The number of aromatic nitrogens is 3. The highest BCUT2D eigenvalue weighted by Gasteiger charge is 2.19. The molecule has 0 bridgehead atoms. The number of hydrogen-bond donors (Lipinski definition) is 2. The van der Waals surface area contributed by atoms with Crippen molar-refractivity contribution in [2.24, 2.45) is 0 Å². The average Bonchev–Trinajstić information content (AvgIpc) is 3.15. The number of ether oxygens (including phenoxy) is 1. The highest BCUT2D eigenvalue weighted by atomic mass is 16.5. The Bertz CT molecular complexity index is 993. The molecule has 1 atom stereocenters. The maximum Gasteiger partial charge on any atom is 0.252 e. The van der Waals surface area contributed by atoms with Gasteiger partial charge in [0.2, 0.25) is 0 Å². The zero-order chi connectivity index (χ0) is 21.1. The molecule has 0 aliphatic carbocycles. The third-order valence-electron chi connectivity index (χ3n) is 4.87. The first-order valence-corrected chi connectivity index (χ1v) is 9.80. The number of nitrogens with one attached hydrogen (secondary N) is 1. The van der Waals surface area contributed by atoms with Gasteiger partial charge in [-0.05, 0) is 43.5 Å². The fourth-order valence-corrected chi connectivity index (χ4v) is 3.13. The summed E-state index contributed by atoms with van der Waals surface area (Å²) in [6.45, 7) is 8.24. The summed E-state index contributed by atoms with van der Waals surface area (Å²) < 4.78 is 6.95. The van der Waals surface area contributed by atoms with Crippen LogP contribution in [-0.4, -0.2) is 39.4 Å². The van der Waals surface area contributed by atoms with Crippen LogP contribution < -0.4 is 10.1 Å². The van der Waals surface area contributed by atoms with Crippen LogP contribution in [0.25, 0.3) is 11.0 Å². The smallest absolute Gasteiger partial charge is 0.252 e. The summed E-state index contributed by atoms with van der Waals surface area (Å²) in [6, 6.07) is 9.07. The number of amides is 1. The highest BCUT2D eigenvalue weighted by Crippen LogP contribution is 2.24. The molecule has 0 spiro atoms. The molecule has 0 fully saturated rings. The van der Waals surface area contributed by atoms with Gasteiger partial charge in [0.05, 0.1) is 30.4 Å². The standard InChI is InChI=1S/C22H28N4O3/c1-13(2)19-10-17(18-11-24-26(14(3)4)21(18)25-19)22(28)23-12-20(27)15-6-8-16(29-5)9-7-15/h6-11,13-14,20,27H,12H2,1-5H3,(H,23,28). The van der Waals surface area contributed by atoms with Crippen LogP contribution in [0.15, 0.2) is 36.5 Å². The average molecular weight is 396 g/mol. The zero-order valence-electron chi connectivity index (χ0n) is 17.5. The Hall–Kier alpha value is -2.93. The van der Waals surface area contributed by atoms with E-state index in [4.69, 9.17) is 9.72 Å². The molecule has 7 nitrogen and oxygen atoms in total. The van der Waals surface area contributed by atoms with Crippen LogP contribution in [0.2, 0.25) is 0 Å². The van der Waals surface area contributed by atoms with E-state index in [0.29, 0.717) is 27.9 Å². The molecule has 29 heavy (non-hydrogen) atoms. The van der Waals surface area contributed by atoms with E-state index >= 15 is 0 Å². The molecule has 1 aromatic carbocycles. The molecule has 0 aliphatic rings. The molecule has 1 amide bonds. The summed E-state index contributed by atoms with van der Waals surface area (Å²) in [4.78, 5) is 17.7. The molecule has 0 saturated heterocycles. The number of hydrogen-bond acceptors (Lipinski definition) is 5. The van der Waals surface area contributed by atoms with Gasteiger partial charge >= 0.3 is 0 Å². The fraction of sp³-hybridized carbons (Fsp3) is 0.409. The monoisotopic (exact) mass is 396 g/mol. The van der Waals surface area contributed by atoms with Gasteiger partial charge in [0.15, 0.2) is 5.65 Å². The number of methoxy groups -OCH3 is 1. The van der Waals surface area contributed by atoms with E-state index in [-0.39, 0.29) is 24.4 Å². The molecular weight excluding hydrogens is 368 g/mol. The van der Waals surface area contributed by atoms with E-state index < -0.39 is 6.10 Å². The van der Waals surface area contributed by atoms with E-state index in [1.807, 2.05) is 38.4 Å². The van der Waals surface area contributed by atoms with Gasteiger partial charge < -0.3 is 15.2 Å². The quantitative estimate of drug-likeness (QED) is 0.637. The van der Waals surface area contributed by atoms with Crippen molar-refractivity contribution in [3.8, 4) is 5.75 Å². The van der Waals surface area contributed by atoms with Crippen LogP contribution in [0.3, 0.4) is 0 Å². The van der Waals surface area contributed by atoms with Crippen molar-refractivity contribution in [3.63, 3.8) is 0 Å². The largest absolute Gasteiger partial charge is 0.497 e.